The number of aliphatic hydroxyl groups is 1. The Labute approximate surface area is 130 Å². The van der Waals surface area contributed by atoms with Crippen molar-refractivity contribution in [3.8, 4) is 0 Å². The lowest BCUT2D eigenvalue weighted by Crippen LogP contribution is -2.14. The second-order valence-corrected chi connectivity index (χ2v) is 7.01. The van der Waals surface area contributed by atoms with Crippen molar-refractivity contribution in [2.75, 3.05) is 4.72 Å². The molecule has 0 fully saturated rings. The predicted molar refractivity (Wildman–Crippen MR) is 82.0 cm³/mol. The number of rotatable bonds is 4. The maximum Gasteiger partial charge on any atom is 0.261 e. The van der Waals surface area contributed by atoms with Gasteiger partial charge in [0.1, 0.15) is 5.82 Å². The smallest absolute Gasteiger partial charge is 0.261 e. The van der Waals surface area contributed by atoms with Gasteiger partial charge in [-0.2, -0.15) is 0 Å². The van der Waals surface area contributed by atoms with Crippen LogP contribution in [0.15, 0.2) is 45.8 Å². The van der Waals surface area contributed by atoms with Crippen molar-refractivity contribution in [2.45, 2.75) is 18.4 Å². The van der Waals surface area contributed by atoms with Crippen molar-refractivity contribution >= 4 is 31.6 Å². The minimum absolute atomic E-state index is 0.0355. The monoisotopic (exact) mass is 373 g/mol. The van der Waals surface area contributed by atoms with Crippen LogP contribution >= 0.6 is 15.9 Å². The van der Waals surface area contributed by atoms with Gasteiger partial charge in [0.2, 0.25) is 0 Å². The van der Waals surface area contributed by atoms with Crippen LogP contribution in [0.3, 0.4) is 0 Å². The Morgan fingerprint density at radius 2 is 1.95 bits per heavy atom. The molecule has 0 aromatic heterocycles. The molecule has 0 atom stereocenters. The highest BCUT2D eigenvalue weighted by Crippen LogP contribution is 2.26. The van der Waals surface area contributed by atoms with Crippen LogP contribution < -0.4 is 4.72 Å². The molecule has 0 aliphatic carbocycles. The lowest BCUT2D eigenvalue weighted by Gasteiger charge is -2.11. The van der Waals surface area contributed by atoms with Crippen molar-refractivity contribution in [1.29, 1.82) is 0 Å². The van der Waals surface area contributed by atoms with Gasteiger partial charge in [0.05, 0.1) is 17.2 Å². The topological polar surface area (TPSA) is 66.4 Å². The quantitative estimate of drug-likeness (QED) is 0.864. The van der Waals surface area contributed by atoms with Crippen molar-refractivity contribution < 1.29 is 17.9 Å². The van der Waals surface area contributed by atoms with E-state index in [1.165, 1.54) is 24.3 Å². The first-order valence-corrected chi connectivity index (χ1v) is 8.29. The van der Waals surface area contributed by atoms with E-state index in [0.717, 1.165) is 11.6 Å². The third kappa shape index (κ3) is 3.61. The van der Waals surface area contributed by atoms with E-state index in [-0.39, 0.29) is 17.2 Å². The normalized spacial score (nSPS) is 11.4. The highest BCUT2D eigenvalue weighted by Gasteiger charge is 2.17. The number of benzene rings is 2. The molecular weight excluding hydrogens is 361 g/mol. The Kier molecular flexibility index (Phi) is 4.65. The Morgan fingerprint density at radius 1 is 1.24 bits per heavy atom. The summed E-state index contributed by atoms with van der Waals surface area (Å²) in [7, 11) is -3.81. The van der Waals surface area contributed by atoms with Crippen LogP contribution in [-0.4, -0.2) is 13.5 Å². The molecule has 0 aliphatic heterocycles. The van der Waals surface area contributed by atoms with Crippen LogP contribution in [0.2, 0.25) is 0 Å². The van der Waals surface area contributed by atoms with E-state index in [2.05, 4.69) is 20.7 Å². The zero-order valence-corrected chi connectivity index (χ0v) is 13.5. The van der Waals surface area contributed by atoms with Gasteiger partial charge in [-0.25, -0.2) is 12.8 Å². The van der Waals surface area contributed by atoms with Gasteiger partial charge in [-0.1, -0.05) is 6.07 Å². The number of hydrogen-bond donors (Lipinski definition) is 2. The minimum atomic E-state index is -3.81. The van der Waals surface area contributed by atoms with E-state index in [4.69, 9.17) is 0 Å². The molecule has 0 aliphatic rings. The van der Waals surface area contributed by atoms with E-state index in [1.807, 2.05) is 0 Å². The number of anilines is 1. The van der Waals surface area contributed by atoms with Gasteiger partial charge in [0, 0.05) is 4.47 Å². The molecule has 0 radical (unpaired) electrons. The molecule has 2 rings (SSSR count). The SMILES string of the molecule is Cc1ccc(S(=O)(=O)Nc2ccc(F)cc2Br)cc1CO. The summed E-state index contributed by atoms with van der Waals surface area (Å²) < 4.78 is 40.3. The third-order valence-electron chi connectivity index (χ3n) is 2.98. The van der Waals surface area contributed by atoms with Crippen LogP contribution in [0.4, 0.5) is 10.1 Å². The van der Waals surface area contributed by atoms with Gasteiger partial charge < -0.3 is 5.11 Å². The van der Waals surface area contributed by atoms with Crippen LogP contribution in [0.5, 0.6) is 0 Å². The molecule has 0 saturated carbocycles. The van der Waals surface area contributed by atoms with Gasteiger partial charge in [-0.15, -0.1) is 0 Å². The standard InChI is InChI=1S/C14H13BrFNO3S/c1-9-2-4-12(6-10(9)8-18)21(19,20)17-14-5-3-11(16)7-13(14)15/h2-7,17-18H,8H2,1H3. The average Bonchev–Trinajstić information content (AvgIpc) is 2.42. The molecule has 0 heterocycles. The van der Waals surface area contributed by atoms with Gasteiger partial charge in [-0.3, -0.25) is 4.72 Å². The fourth-order valence-corrected chi connectivity index (χ4v) is 3.47. The largest absolute Gasteiger partial charge is 0.392 e. The first kappa shape index (κ1) is 15.9. The lowest BCUT2D eigenvalue weighted by molar-refractivity contribution is 0.281. The van der Waals surface area contributed by atoms with E-state index in [1.54, 1.807) is 13.0 Å². The highest BCUT2D eigenvalue weighted by molar-refractivity contribution is 9.10. The van der Waals surface area contributed by atoms with E-state index < -0.39 is 15.8 Å². The van der Waals surface area contributed by atoms with Gasteiger partial charge >= 0.3 is 0 Å². The lowest BCUT2D eigenvalue weighted by atomic mass is 10.1. The number of sulfonamides is 1. The van der Waals surface area contributed by atoms with Crippen LogP contribution in [0.1, 0.15) is 11.1 Å². The fourth-order valence-electron chi connectivity index (χ4n) is 1.76. The van der Waals surface area contributed by atoms with E-state index >= 15 is 0 Å². The second kappa shape index (κ2) is 6.13. The van der Waals surface area contributed by atoms with E-state index in [0.29, 0.717) is 10.0 Å². The molecule has 0 unspecified atom stereocenters. The number of aliphatic hydroxyl groups excluding tert-OH is 1. The van der Waals surface area contributed by atoms with Crippen LogP contribution in [0.25, 0.3) is 0 Å². The Balaban J connectivity index is 2.38. The summed E-state index contributed by atoms with van der Waals surface area (Å²) in [6, 6.07) is 8.16. The molecule has 0 spiro atoms. The number of nitrogens with one attached hydrogen (secondary N) is 1. The average molecular weight is 374 g/mol. The van der Waals surface area contributed by atoms with Crippen molar-refractivity contribution in [1.82, 2.24) is 0 Å². The summed E-state index contributed by atoms with van der Waals surface area (Å²) in [5, 5.41) is 9.21. The molecule has 4 nitrogen and oxygen atoms in total. The molecule has 0 saturated heterocycles. The van der Waals surface area contributed by atoms with Crippen molar-refractivity contribution in [2.24, 2.45) is 0 Å². The van der Waals surface area contributed by atoms with E-state index in [9.17, 15) is 17.9 Å². The Hall–Kier alpha value is -1.44. The molecule has 112 valence electrons. The zero-order chi connectivity index (χ0) is 15.6. The zero-order valence-electron chi connectivity index (χ0n) is 11.1. The molecule has 2 N–H and O–H groups in total. The summed E-state index contributed by atoms with van der Waals surface area (Å²) >= 11 is 3.11. The number of hydrogen-bond acceptors (Lipinski definition) is 3. The molecule has 2 aromatic carbocycles. The Morgan fingerprint density at radius 3 is 2.57 bits per heavy atom. The van der Waals surface area contributed by atoms with Crippen LogP contribution in [0, 0.1) is 12.7 Å². The fraction of sp³-hybridized carbons (Fsp3) is 0.143. The van der Waals surface area contributed by atoms with Gasteiger partial charge in [0.15, 0.2) is 0 Å². The third-order valence-corrected chi connectivity index (χ3v) is 5.00. The summed E-state index contributed by atoms with van der Waals surface area (Å²) in [6.07, 6.45) is 0. The highest BCUT2D eigenvalue weighted by atomic mass is 79.9. The molecular formula is C14H13BrFNO3S. The maximum atomic E-state index is 13.0. The van der Waals surface area contributed by atoms with Crippen molar-refractivity contribution in [3.63, 3.8) is 0 Å². The van der Waals surface area contributed by atoms with Crippen LogP contribution in [-0.2, 0) is 16.6 Å². The summed E-state index contributed by atoms with van der Waals surface area (Å²) in [6.45, 7) is 1.54. The number of aryl methyl sites for hydroxylation is 1. The second-order valence-electron chi connectivity index (χ2n) is 4.48. The molecule has 21 heavy (non-hydrogen) atoms. The number of halogens is 2. The molecule has 2 aromatic rings. The summed E-state index contributed by atoms with van der Waals surface area (Å²) in [4.78, 5) is 0.0355. The Bertz CT molecular complexity index is 778. The van der Waals surface area contributed by atoms with Gasteiger partial charge in [0.25, 0.3) is 10.0 Å². The molecule has 0 bridgehead atoms. The van der Waals surface area contributed by atoms with Crippen molar-refractivity contribution in [3.05, 3.63) is 57.8 Å². The summed E-state index contributed by atoms with van der Waals surface area (Å²) in [5.74, 6) is -0.470. The predicted octanol–water partition coefficient (Wildman–Crippen LogP) is 3.19. The van der Waals surface area contributed by atoms with Gasteiger partial charge in [-0.05, 0) is 64.3 Å². The molecule has 7 heteroatoms. The summed E-state index contributed by atoms with van der Waals surface area (Å²) in [5.41, 5.74) is 1.58. The first-order chi connectivity index (χ1) is 9.83. The molecule has 0 amide bonds. The minimum Gasteiger partial charge on any atom is -0.392 e. The first-order valence-electron chi connectivity index (χ1n) is 6.02. The maximum absolute atomic E-state index is 13.0.